The van der Waals surface area contributed by atoms with Crippen molar-refractivity contribution >= 4 is 28.3 Å². The van der Waals surface area contributed by atoms with E-state index < -0.39 is 0 Å². The maximum Gasteiger partial charge on any atom is 0.133 e. The molecule has 0 aliphatic carbocycles. The normalized spacial score (nSPS) is 10.1. The molecule has 0 aromatic heterocycles. The molecule has 0 radical (unpaired) electrons. The van der Waals surface area contributed by atoms with Gasteiger partial charge in [0.1, 0.15) is 17.3 Å². The Hall–Kier alpha value is -1.30. The van der Waals surface area contributed by atoms with Crippen molar-refractivity contribution in [2.75, 3.05) is 20.8 Å². The summed E-state index contributed by atoms with van der Waals surface area (Å²) in [6.07, 6.45) is 0.765. The molecule has 2 rings (SSSR count). The minimum Gasteiger partial charge on any atom is -0.496 e. The van der Waals surface area contributed by atoms with Crippen molar-refractivity contribution in [3.05, 3.63) is 57.8 Å². The average molecular weight is 405 g/mol. The van der Waals surface area contributed by atoms with Crippen LogP contribution in [0.25, 0.3) is 0 Å². The van der Waals surface area contributed by atoms with Crippen molar-refractivity contribution in [2.24, 2.45) is 0 Å². The Morgan fingerprint density at radius 1 is 1.04 bits per heavy atom. The molecule has 2 aromatic carbocycles. The summed E-state index contributed by atoms with van der Waals surface area (Å²) in [6, 6.07) is 10.6. The monoisotopic (exact) mass is 403 g/mol. The molecule has 0 saturated carbocycles. The molecule has 0 unspecified atom stereocenters. The molecule has 0 fully saturated rings. The molecular formula is C17H20BrClFNO2. The number of hydrogen-bond acceptors (Lipinski definition) is 3. The van der Waals surface area contributed by atoms with E-state index in [2.05, 4.69) is 21.2 Å². The van der Waals surface area contributed by atoms with E-state index in [1.54, 1.807) is 26.4 Å². The summed E-state index contributed by atoms with van der Waals surface area (Å²) >= 11 is 3.44. The lowest BCUT2D eigenvalue weighted by Gasteiger charge is -2.13. The molecular weight excluding hydrogens is 385 g/mol. The first kappa shape index (κ1) is 19.7. The minimum atomic E-state index is -0.183. The number of methoxy groups -OCH3 is 2. The second-order valence-electron chi connectivity index (χ2n) is 4.82. The van der Waals surface area contributed by atoms with Crippen LogP contribution in [0.1, 0.15) is 11.1 Å². The van der Waals surface area contributed by atoms with Crippen LogP contribution in [0.5, 0.6) is 11.5 Å². The molecule has 23 heavy (non-hydrogen) atoms. The third-order valence-electron chi connectivity index (χ3n) is 3.40. The molecule has 0 atom stereocenters. The fraction of sp³-hybridized carbons (Fsp3) is 0.294. The topological polar surface area (TPSA) is 30.5 Å². The van der Waals surface area contributed by atoms with Gasteiger partial charge >= 0.3 is 0 Å². The van der Waals surface area contributed by atoms with E-state index in [1.165, 1.54) is 6.07 Å². The van der Waals surface area contributed by atoms with Crippen molar-refractivity contribution in [3.63, 3.8) is 0 Å². The first-order valence-electron chi connectivity index (χ1n) is 7.00. The summed E-state index contributed by atoms with van der Waals surface area (Å²) in [5.74, 6) is 1.39. The first-order valence-corrected chi connectivity index (χ1v) is 7.79. The molecule has 0 bridgehead atoms. The molecule has 6 heteroatoms. The molecule has 0 saturated heterocycles. The van der Waals surface area contributed by atoms with Crippen molar-refractivity contribution in [1.29, 1.82) is 0 Å². The van der Waals surface area contributed by atoms with Crippen molar-refractivity contribution in [1.82, 2.24) is 5.32 Å². The third-order valence-corrected chi connectivity index (χ3v) is 4.02. The van der Waals surface area contributed by atoms with Crippen LogP contribution >= 0.6 is 28.3 Å². The highest BCUT2D eigenvalue weighted by Gasteiger charge is 2.09. The maximum atomic E-state index is 13.5. The summed E-state index contributed by atoms with van der Waals surface area (Å²) in [5, 5.41) is 3.25. The highest BCUT2D eigenvalue weighted by molar-refractivity contribution is 9.10. The van der Waals surface area contributed by atoms with Crippen LogP contribution in [0.4, 0.5) is 4.39 Å². The SMILES string of the molecule is COc1cc(CCNCc2ccccc2F)c(OC)cc1Br.Cl. The highest BCUT2D eigenvalue weighted by Crippen LogP contribution is 2.32. The van der Waals surface area contributed by atoms with Crippen LogP contribution in [0.3, 0.4) is 0 Å². The van der Waals surface area contributed by atoms with Gasteiger partial charge in [-0.05, 0) is 52.7 Å². The summed E-state index contributed by atoms with van der Waals surface area (Å²) in [4.78, 5) is 0. The number of halogens is 3. The van der Waals surface area contributed by atoms with Crippen LogP contribution in [0, 0.1) is 5.82 Å². The Morgan fingerprint density at radius 2 is 1.74 bits per heavy atom. The van der Waals surface area contributed by atoms with Crippen molar-refractivity contribution < 1.29 is 13.9 Å². The van der Waals surface area contributed by atoms with Crippen LogP contribution in [0.15, 0.2) is 40.9 Å². The maximum absolute atomic E-state index is 13.5. The van der Waals surface area contributed by atoms with E-state index in [9.17, 15) is 4.39 Å². The molecule has 0 spiro atoms. The second kappa shape index (κ2) is 9.75. The highest BCUT2D eigenvalue weighted by atomic mass is 79.9. The Balaban J connectivity index is 0.00000264. The van der Waals surface area contributed by atoms with Gasteiger partial charge in [0.2, 0.25) is 0 Å². The van der Waals surface area contributed by atoms with Gasteiger partial charge in [0, 0.05) is 12.1 Å². The fourth-order valence-corrected chi connectivity index (χ4v) is 2.69. The van der Waals surface area contributed by atoms with Gasteiger partial charge in [-0.1, -0.05) is 18.2 Å². The predicted octanol–water partition coefficient (Wildman–Crippen LogP) is 4.36. The molecule has 0 heterocycles. The van der Waals surface area contributed by atoms with Crippen LogP contribution < -0.4 is 14.8 Å². The number of nitrogens with one attached hydrogen (secondary N) is 1. The molecule has 0 aliphatic rings. The first-order chi connectivity index (χ1) is 10.7. The molecule has 1 N–H and O–H groups in total. The largest absolute Gasteiger partial charge is 0.496 e. The van der Waals surface area contributed by atoms with Gasteiger partial charge in [0.05, 0.1) is 18.7 Å². The average Bonchev–Trinajstić information content (AvgIpc) is 2.53. The van der Waals surface area contributed by atoms with Gasteiger partial charge in [-0.25, -0.2) is 4.39 Å². The van der Waals surface area contributed by atoms with Gasteiger partial charge < -0.3 is 14.8 Å². The Labute approximate surface area is 150 Å². The summed E-state index contributed by atoms with van der Waals surface area (Å²) in [5.41, 5.74) is 1.71. The molecule has 2 aromatic rings. The predicted molar refractivity (Wildman–Crippen MR) is 96.3 cm³/mol. The van der Waals surface area contributed by atoms with E-state index >= 15 is 0 Å². The van der Waals surface area contributed by atoms with Gasteiger partial charge in [0.25, 0.3) is 0 Å². The van der Waals surface area contributed by atoms with Gasteiger partial charge in [-0.2, -0.15) is 0 Å². The zero-order valence-electron chi connectivity index (χ0n) is 13.1. The van der Waals surface area contributed by atoms with E-state index in [1.807, 2.05) is 18.2 Å². The van der Waals surface area contributed by atoms with Crippen LogP contribution in [0.2, 0.25) is 0 Å². The van der Waals surface area contributed by atoms with Crippen LogP contribution in [-0.2, 0) is 13.0 Å². The number of hydrogen-bond donors (Lipinski definition) is 1. The van der Waals surface area contributed by atoms with Gasteiger partial charge in [0.15, 0.2) is 0 Å². The van der Waals surface area contributed by atoms with Crippen molar-refractivity contribution in [2.45, 2.75) is 13.0 Å². The van der Waals surface area contributed by atoms with E-state index in [0.29, 0.717) is 12.1 Å². The lowest BCUT2D eigenvalue weighted by Crippen LogP contribution is -2.17. The lowest BCUT2D eigenvalue weighted by atomic mass is 10.1. The smallest absolute Gasteiger partial charge is 0.133 e. The standard InChI is InChI=1S/C17H19BrFNO2.ClH/c1-21-16-10-14(18)17(22-2)9-12(16)7-8-20-11-13-5-3-4-6-15(13)19;/h3-6,9-10,20H,7-8,11H2,1-2H3;1H. The summed E-state index contributed by atoms with van der Waals surface area (Å²) in [7, 11) is 3.28. The summed E-state index contributed by atoms with van der Waals surface area (Å²) < 4.78 is 25.1. The van der Waals surface area contributed by atoms with Crippen molar-refractivity contribution in [3.8, 4) is 11.5 Å². The fourth-order valence-electron chi connectivity index (χ4n) is 2.21. The minimum absolute atomic E-state index is 0. The molecule has 126 valence electrons. The second-order valence-corrected chi connectivity index (χ2v) is 5.67. The van der Waals surface area contributed by atoms with E-state index in [0.717, 1.165) is 34.5 Å². The molecule has 0 amide bonds. The number of ether oxygens (including phenoxy) is 2. The van der Waals surface area contributed by atoms with Gasteiger partial charge in [-0.3, -0.25) is 0 Å². The zero-order chi connectivity index (χ0) is 15.9. The quantitative estimate of drug-likeness (QED) is 0.696. The molecule has 3 nitrogen and oxygen atoms in total. The molecule has 0 aliphatic heterocycles. The summed E-state index contributed by atoms with van der Waals surface area (Å²) in [6.45, 7) is 1.22. The Kier molecular flexibility index (Phi) is 8.37. The van der Waals surface area contributed by atoms with Crippen LogP contribution in [-0.4, -0.2) is 20.8 Å². The van der Waals surface area contributed by atoms with E-state index in [-0.39, 0.29) is 18.2 Å². The Bertz CT molecular complexity index is 640. The zero-order valence-corrected chi connectivity index (χ0v) is 15.5. The lowest BCUT2D eigenvalue weighted by molar-refractivity contribution is 0.396. The number of benzene rings is 2. The Morgan fingerprint density at radius 3 is 2.39 bits per heavy atom. The van der Waals surface area contributed by atoms with Gasteiger partial charge in [-0.15, -0.1) is 12.4 Å². The number of rotatable bonds is 7. The van der Waals surface area contributed by atoms with E-state index in [4.69, 9.17) is 9.47 Å². The third kappa shape index (κ3) is 5.37.